The van der Waals surface area contributed by atoms with Gasteiger partial charge >= 0.3 is 0 Å². The smallest absolute Gasteiger partial charge is 0.0856 e. The third-order valence-electron chi connectivity index (χ3n) is 2.12. The number of halogens is 1. The number of rotatable bonds is 7. The second-order valence-corrected chi connectivity index (χ2v) is 4.70. The zero-order valence-electron chi connectivity index (χ0n) is 9.28. The van der Waals surface area contributed by atoms with Crippen molar-refractivity contribution in [1.29, 1.82) is 0 Å². The lowest BCUT2D eigenvalue weighted by atomic mass is 10.2. The SMILES string of the molecule is Cc1c(SCCOCCCl)ccnc1CO. The van der Waals surface area contributed by atoms with Gasteiger partial charge in [-0.05, 0) is 18.6 Å². The molecule has 0 aliphatic carbocycles. The Kier molecular flexibility index (Phi) is 6.80. The van der Waals surface area contributed by atoms with Gasteiger partial charge in [0.2, 0.25) is 0 Å². The molecule has 5 heteroatoms. The zero-order chi connectivity index (χ0) is 11.8. The predicted octanol–water partition coefficient (Wildman–Crippen LogP) is 2.23. The van der Waals surface area contributed by atoms with Crippen molar-refractivity contribution in [2.75, 3.05) is 24.8 Å². The number of hydrogen-bond donors (Lipinski definition) is 1. The number of nitrogens with zero attached hydrogens (tertiary/aromatic N) is 1. The fraction of sp³-hybridized carbons (Fsp3) is 0.545. The number of ether oxygens (including phenoxy) is 1. The van der Waals surface area contributed by atoms with E-state index in [9.17, 15) is 0 Å². The first-order valence-electron chi connectivity index (χ1n) is 5.11. The lowest BCUT2D eigenvalue weighted by Crippen LogP contribution is -2.01. The molecular weight excluding hydrogens is 246 g/mol. The summed E-state index contributed by atoms with van der Waals surface area (Å²) in [6.45, 7) is 3.25. The average Bonchev–Trinajstić information content (AvgIpc) is 2.31. The Hall–Kier alpha value is -0.290. The lowest BCUT2D eigenvalue weighted by Gasteiger charge is -2.08. The van der Waals surface area contributed by atoms with Crippen LogP contribution >= 0.6 is 23.4 Å². The van der Waals surface area contributed by atoms with Gasteiger partial charge in [0.1, 0.15) is 0 Å². The number of aromatic nitrogens is 1. The first-order chi connectivity index (χ1) is 7.79. The van der Waals surface area contributed by atoms with Crippen LogP contribution in [-0.2, 0) is 11.3 Å². The van der Waals surface area contributed by atoms with Crippen LogP contribution in [0.4, 0.5) is 0 Å². The molecule has 1 aromatic heterocycles. The summed E-state index contributed by atoms with van der Waals surface area (Å²) in [5, 5.41) is 9.07. The fourth-order valence-corrected chi connectivity index (χ4v) is 2.26. The summed E-state index contributed by atoms with van der Waals surface area (Å²) in [4.78, 5) is 5.25. The summed E-state index contributed by atoms with van der Waals surface area (Å²) in [7, 11) is 0. The van der Waals surface area contributed by atoms with Crippen LogP contribution in [0, 0.1) is 6.92 Å². The van der Waals surface area contributed by atoms with E-state index in [1.54, 1.807) is 18.0 Å². The Morgan fingerprint density at radius 2 is 2.31 bits per heavy atom. The summed E-state index contributed by atoms with van der Waals surface area (Å²) in [5.41, 5.74) is 1.79. The van der Waals surface area contributed by atoms with E-state index in [1.807, 2.05) is 13.0 Å². The molecular formula is C11H16ClNO2S. The highest BCUT2D eigenvalue weighted by atomic mass is 35.5. The quantitative estimate of drug-likeness (QED) is 0.464. The summed E-state index contributed by atoms with van der Waals surface area (Å²) >= 11 is 7.20. The minimum atomic E-state index is -0.0109. The molecule has 0 atom stereocenters. The molecule has 0 unspecified atom stereocenters. The standard InChI is InChI=1S/C11H16ClNO2S/c1-9-10(8-14)13-4-2-11(9)16-7-6-15-5-3-12/h2,4,14H,3,5-8H2,1H3. The van der Waals surface area contributed by atoms with Crippen molar-refractivity contribution in [3.63, 3.8) is 0 Å². The summed E-state index contributed by atoms with van der Waals surface area (Å²) in [6, 6.07) is 1.96. The molecule has 1 aromatic rings. The molecule has 0 bridgehead atoms. The van der Waals surface area contributed by atoms with E-state index in [2.05, 4.69) is 4.98 Å². The van der Waals surface area contributed by atoms with Crippen LogP contribution in [0.25, 0.3) is 0 Å². The van der Waals surface area contributed by atoms with Crippen LogP contribution in [0.3, 0.4) is 0 Å². The zero-order valence-corrected chi connectivity index (χ0v) is 10.9. The maximum atomic E-state index is 9.07. The van der Waals surface area contributed by atoms with Crippen LogP contribution < -0.4 is 0 Å². The van der Waals surface area contributed by atoms with E-state index in [4.69, 9.17) is 21.4 Å². The molecule has 0 fully saturated rings. The largest absolute Gasteiger partial charge is 0.390 e. The van der Waals surface area contributed by atoms with Gasteiger partial charge in [0.05, 0.1) is 25.5 Å². The van der Waals surface area contributed by atoms with Gasteiger partial charge in [-0.15, -0.1) is 23.4 Å². The monoisotopic (exact) mass is 261 g/mol. The van der Waals surface area contributed by atoms with E-state index in [-0.39, 0.29) is 6.61 Å². The van der Waals surface area contributed by atoms with Gasteiger partial charge in [-0.2, -0.15) is 0 Å². The molecule has 0 aliphatic heterocycles. The molecule has 0 aromatic carbocycles. The molecule has 0 saturated heterocycles. The lowest BCUT2D eigenvalue weighted by molar-refractivity contribution is 0.166. The van der Waals surface area contributed by atoms with Crippen molar-refractivity contribution in [1.82, 2.24) is 4.98 Å². The van der Waals surface area contributed by atoms with E-state index >= 15 is 0 Å². The molecule has 0 amide bonds. The maximum Gasteiger partial charge on any atom is 0.0856 e. The van der Waals surface area contributed by atoms with E-state index in [1.165, 1.54) is 0 Å². The van der Waals surface area contributed by atoms with Gasteiger partial charge in [0, 0.05) is 22.7 Å². The number of hydrogen-bond acceptors (Lipinski definition) is 4. The normalized spacial score (nSPS) is 10.7. The Labute approximate surface area is 105 Å². The topological polar surface area (TPSA) is 42.4 Å². The Morgan fingerprint density at radius 3 is 3.00 bits per heavy atom. The summed E-state index contributed by atoms with van der Waals surface area (Å²) < 4.78 is 5.28. The third kappa shape index (κ3) is 4.29. The molecule has 90 valence electrons. The molecule has 0 aliphatic rings. The van der Waals surface area contributed by atoms with Gasteiger partial charge in [-0.25, -0.2) is 0 Å². The average molecular weight is 262 g/mol. The maximum absolute atomic E-state index is 9.07. The highest BCUT2D eigenvalue weighted by Crippen LogP contribution is 2.23. The van der Waals surface area contributed by atoms with Crippen LogP contribution in [-0.4, -0.2) is 34.9 Å². The molecule has 1 rings (SSSR count). The third-order valence-corrected chi connectivity index (χ3v) is 3.39. The van der Waals surface area contributed by atoms with Gasteiger partial charge in [-0.3, -0.25) is 4.98 Å². The predicted molar refractivity (Wildman–Crippen MR) is 67.2 cm³/mol. The van der Waals surface area contributed by atoms with Crippen molar-refractivity contribution < 1.29 is 9.84 Å². The first-order valence-corrected chi connectivity index (χ1v) is 6.63. The Bertz CT molecular complexity index is 323. The van der Waals surface area contributed by atoms with Gasteiger partial charge in [-0.1, -0.05) is 0 Å². The summed E-state index contributed by atoms with van der Waals surface area (Å²) in [5.74, 6) is 1.42. The molecule has 0 saturated carbocycles. The Balaban J connectivity index is 2.41. The van der Waals surface area contributed by atoms with Gasteiger partial charge < -0.3 is 9.84 Å². The number of pyridine rings is 1. The fourth-order valence-electron chi connectivity index (χ4n) is 1.24. The molecule has 1 heterocycles. The number of aliphatic hydroxyl groups is 1. The van der Waals surface area contributed by atoms with Gasteiger partial charge in [0.15, 0.2) is 0 Å². The van der Waals surface area contributed by atoms with E-state index in [0.29, 0.717) is 19.1 Å². The molecule has 1 N–H and O–H groups in total. The number of alkyl halides is 1. The molecule has 16 heavy (non-hydrogen) atoms. The number of thioether (sulfide) groups is 1. The highest BCUT2D eigenvalue weighted by Gasteiger charge is 2.04. The Morgan fingerprint density at radius 1 is 1.50 bits per heavy atom. The first kappa shape index (κ1) is 13.8. The second-order valence-electron chi connectivity index (χ2n) is 3.19. The van der Waals surface area contributed by atoms with Crippen molar-refractivity contribution in [3.05, 3.63) is 23.5 Å². The van der Waals surface area contributed by atoms with Crippen molar-refractivity contribution in [3.8, 4) is 0 Å². The minimum absolute atomic E-state index is 0.0109. The minimum Gasteiger partial charge on any atom is -0.390 e. The van der Waals surface area contributed by atoms with Crippen molar-refractivity contribution in [2.45, 2.75) is 18.4 Å². The van der Waals surface area contributed by atoms with E-state index in [0.717, 1.165) is 21.9 Å². The molecule has 3 nitrogen and oxygen atoms in total. The number of aliphatic hydroxyl groups excluding tert-OH is 1. The van der Waals surface area contributed by atoms with Gasteiger partial charge in [0.25, 0.3) is 0 Å². The van der Waals surface area contributed by atoms with Crippen LogP contribution in [0.1, 0.15) is 11.3 Å². The molecule has 0 spiro atoms. The van der Waals surface area contributed by atoms with Crippen LogP contribution in [0.2, 0.25) is 0 Å². The summed E-state index contributed by atoms with van der Waals surface area (Å²) in [6.07, 6.45) is 1.72. The van der Waals surface area contributed by atoms with Crippen LogP contribution in [0.5, 0.6) is 0 Å². The van der Waals surface area contributed by atoms with Crippen molar-refractivity contribution in [2.24, 2.45) is 0 Å². The van der Waals surface area contributed by atoms with Crippen LogP contribution in [0.15, 0.2) is 17.2 Å². The van der Waals surface area contributed by atoms with E-state index < -0.39 is 0 Å². The molecule has 0 radical (unpaired) electrons. The van der Waals surface area contributed by atoms with Crippen molar-refractivity contribution >= 4 is 23.4 Å². The highest BCUT2D eigenvalue weighted by molar-refractivity contribution is 7.99. The second kappa shape index (κ2) is 7.90.